The van der Waals surface area contributed by atoms with Gasteiger partial charge in [0.1, 0.15) is 0 Å². The highest BCUT2D eigenvalue weighted by molar-refractivity contribution is 7.89. The minimum Gasteiger partial charge on any atom is -0.294 e. The van der Waals surface area contributed by atoms with Crippen LogP contribution in [0, 0.1) is 0 Å². The van der Waals surface area contributed by atoms with E-state index in [9.17, 15) is 13.2 Å². The monoisotopic (exact) mass is 424 g/mol. The Balaban J connectivity index is 1.93. The molecule has 0 amide bonds. The van der Waals surface area contributed by atoms with E-state index in [1.54, 1.807) is 34.9 Å². The quantitative estimate of drug-likeness (QED) is 0.617. The molecule has 3 aromatic rings. The van der Waals surface area contributed by atoms with E-state index in [0.717, 1.165) is 35.3 Å². The Morgan fingerprint density at radius 1 is 1.19 bits per heavy atom. The van der Waals surface area contributed by atoms with Gasteiger partial charge in [-0.05, 0) is 49.2 Å². The molecule has 0 fully saturated rings. The van der Waals surface area contributed by atoms with E-state index in [2.05, 4.69) is 4.72 Å². The number of halogens is 1. The van der Waals surface area contributed by atoms with Gasteiger partial charge in [0.05, 0.1) is 21.7 Å². The van der Waals surface area contributed by atoms with Crippen molar-refractivity contribution in [2.24, 2.45) is 0 Å². The first-order valence-electron chi connectivity index (χ1n) is 8.70. The zero-order chi connectivity index (χ0) is 19.6. The summed E-state index contributed by atoms with van der Waals surface area (Å²) in [6.07, 6.45) is 1.67. The molecule has 0 aliphatic carbocycles. The van der Waals surface area contributed by atoms with Crippen LogP contribution in [0.1, 0.15) is 32.3 Å². The molecule has 1 heterocycles. The summed E-state index contributed by atoms with van der Waals surface area (Å²) in [5, 5.41) is 0.640. The van der Waals surface area contributed by atoms with Crippen molar-refractivity contribution in [2.75, 3.05) is 0 Å². The number of hydrogen-bond acceptors (Lipinski definition) is 4. The normalized spacial score (nSPS) is 13.1. The number of sulfonamides is 1. The maximum Gasteiger partial charge on any atom is 0.308 e. The summed E-state index contributed by atoms with van der Waals surface area (Å²) in [7, 11) is -3.61. The Morgan fingerprint density at radius 2 is 1.89 bits per heavy atom. The van der Waals surface area contributed by atoms with E-state index in [4.69, 9.17) is 11.6 Å². The number of nitrogens with one attached hydrogen (secondary N) is 1. The van der Waals surface area contributed by atoms with Gasteiger partial charge in [0, 0.05) is 11.1 Å². The lowest BCUT2D eigenvalue weighted by Gasteiger charge is -2.13. The Morgan fingerprint density at radius 3 is 2.56 bits per heavy atom. The molecule has 3 rings (SSSR count). The summed E-state index contributed by atoms with van der Waals surface area (Å²) < 4.78 is 30.1. The van der Waals surface area contributed by atoms with Crippen molar-refractivity contribution >= 4 is 43.2 Å². The smallest absolute Gasteiger partial charge is 0.294 e. The van der Waals surface area contributed by atoms with Crippen LogP contribution in [0.5, 0.6) is 0 Å². The van der Waals surface area contributed by atoms with Crippen molar-refractivity contribution in [3.8, 4) is 0 Å². The molecule has 1 N–H and O–H groups in total. The molecule has 144 valence electrons. The fraction of sp³-hybridized carbons (Fsp3) is 0.316. The Bertz CT molecular complexity index is 1100. The van der Waals surface area contributed by atoms with Crippen LogP contribution in [-0.4, -0.2) is 19.0 Å². The summed E-state index contributed by atoms with van der Waals surface area (Å²) in [6, 6.07) is 12.0. The molecule has 1 atom stereocenters. The highest BCUT2D eigenvalue weighted by Gasteiger charge is 2.19. The third kappa shape index (κ3) is 4.60. The molecule has 0 radical (unpaired) electrons. The SMILES string of the molecule is CCC[C@H](C)NS(=O)(=O)c1ccc2c(c1)sc(=O)n2Cc1ccc(Cl)cc1. The molecule has 0 aliphatic heterocycles. The average Bonchev–Trinajstić information content (AvgIpc) is 2.91. The average molecular weight is 425 g/mol. The van der Waals surface area contributed by atoms with Crippen LogP contribution in [0.25, 0.3) is 10.2 Å². The fourth-order valence-electron chi connectivity index (χ4n) is 2.96. The number of thiazole rings is 1. The zero-order valence-electron chi connectivity index (χ0n) is 15.1. The largest absolute Gasteiger partial charge is 0.308 e. The van der Waals surface area contributed by atoms with Crippen LogP contribution in [0.3, 0.4) is 0 Å². The van der Waals surface area contributed by atoms with E-state index < -0.39 is 10.0 Å². The summed E-state index contributed by atoms with van der Waals surface area (Å²) in [5.74, 6) is 0. The first-order chi connectivity index (χ1) is 12.8. The van der Waals surface area contributed by atoms with Gasteiger partial charge in [-0.1, -0.05) is 48.4 Å². The molecule has 27 heavy (non-hydrogen) atoms. The van der Waals surface area contributed by atoms with E-state index in [0.29, 0.717) is 16.3 Å². The third-order valence-electron chi connectivity index (χ3n) is 4.28. The number of benzene rings is 2. The number of fused-ring (bicyclic) bond motifs is 1. The molecule has 1 aromatic heterocycles. The van der Waals surface area contributed by atoms with E-state index in [1.807, 2.05) is 26.0 Å². The van der Waals surface area contributed by atoms with Gasteiger partial charge < -0.3 is 0 Å². The van der Waals surface area contributed by atoms with Crippen LogP contribution in [0.4, 0.5) is 0 Å². The lowest BCUT2D eigenvalue weighted by Crippen LogP contribution is -2.32. The van der Waals surface area contributed by atoms with Crippen molar-refractivity contribution in [3.05, 3.63) is 62.7 Å². The van der Waals surface area contributed by atoms with Gasteiger partial charge >= 0.3 is 4.87 Å². The summed E-state index contributed by atoms with van der Waals surface area (Å²) in [5.41, 5.74) is 1.67. The fourth-order valence-corrected chi connectivity index (χ4v) is 5.40. The molecule has 5 nitrogen and oxygen atoms in total. The van der Waals surface area contributed by atoms with E-state index in [1.165, 1.54) is 0 Å². The summed E-state index contributed by atoms with van der Waals surface area (Å²) in [4.78, 5) is 12.5. The number of rotatable bonds is 7. The van der Waals surface area contributed by atoms with Crippen molar-refractivity contribution in [3.63, 3.8) is 0 Å². The van der Waals surface area contributed by atoms with Crippen molar-refractivity contribution in [1.29, 1.82) is 0 Å². The van der Waals surface area contributed by atoms with Gasteiger partial charge in [0.25, 0.3) is 0 Å². The predicted molar refractivity (Wildman–Crippen MR) is 111 cm³/mol. The van der Waals surface area contributed by atoms with Crippen molar-refractivity contribution < 1.29 is 8.42 Å². The molecule has 8 heteroatoms. The minimum absolute atomic E-state index is 0.123. The highest BCUT2D eigenvalue weighted by Crippen LogP contribution is 2.23. The zero-order valence-corrected chi connectivity index (χ0v) is 17.5. The molecule has 2 aromatic carbocycles. The molecular formula is C19H21ClN2O3S2. The maximum atomic E-state index is 12.6. The Hall–Kier alpha value is -1.67. The molecule has 0 spiro atoms. The standard InChI is InChI=1S/C19H21ClN2O3S2/c1-3-4-13(2)21-27(24,25)16-9-10-17-18(11-16)26-19(23)22(17)12-14-5-7-15(20)8-6-14/h5-11,13,21H,3-4,12H2,1-2H3/t13-/m0/s1. The second kappa shape index (κ2) is 8.14. The van der Waals surface area contributed by atoms with E-state index in [-0.39, 0.29) is 15.8 Å². The van der Waals surface area contributed by atoms with Crippen LogP contribution >= 0.6 is 22.9 Å². The lowest BCUT2D eigenvalue weighted by atomic mass is 10.2. The second-order valence-electron chi connectivity index (χ2n) is 6.52. The first-order valence-corrected chi connectivity index (χ1v) is 11.4. The van der Waals surface area contributed by atoms with Crippen molar-refractivity contribution in [2.45, 2.75) is 44.2 Å². The van der Waals surface area contributed by atoms with Gasteiger partial charge in [-0.15, -0.1) is 0 Å². The Kier molecular flexibility index (Phi) is 6.05. The van der Waals surface area contributed by atoms with Crippen molar-refractivity contribution in [1.82, 2.24) is 9.29 Å². The Labute approximate surface area is 167 Å². The molecular weight excluding hydrogens is 404 g/mol. The van der Waals surface area contributed by atoms with Gasteiger partial charge in [0.15, 0.2) is 0 Å². The lowest BCUT2D eigenvalue weighted by molar-refractivity contribution is 0.544. The number of hydrogen-bond donors (Lipinski definition) is 1. The van der Waals surface area contributed by atoms with Crippen LogP contribution in [0.15, 0.2) is 52.2 Å². The number of nitrogens with zero attached hydrogens (tertiary/aromatic N) is 1. The van der Waals surface area contributed by atoms with Crippen LogP contribution < -0.4 is 9.60 Å². The maximum absolute atomic E-state index is 12.6. The molecule has 0 saturated carbocycles. The second-order valence-corrected chi connectivity index (χ2v) is 9.66. The molecule has 0 saturated heterocycles. The highest BCUT2D eigenvalue weighted by atomic mass is 35.5. The van der Waals surface area contributed by atoms with Gasteiger partial charge in [-0.3, -0.25) is 9.36 Å². The first kappa shape index (κ1) is 20.1. The molecule has 0 bridgehead atoms. The topological polar surface area (TPSA) is 68.2 Å². The molecule has 0 aliphatic rings. The van der Waals surface area contributed by atoms with Crippen LogP contribution in [-0.2, 0) is 16.6 Å². The van der Waals surface area contributed by atoms with Gasteiger partial charge in [-0.25, -0.2) is 13.1 Å². The van der Waals surface area contributed by atoms with Gasteiger partial charge in [-0.2, -0.15) is 0 Å². The van der Waals surface area contributed by atoms with Gasteiger partial charge in [0.2, 0.25) is 10.0 Å². The third-order valence-corrected chi connectivity index (χ3v) is 7.06. The minimum atomic E-state index is -3.61. The van der Waals surface area contributed by atoms with Crippen LogP contribution in [0.2, 0.25) is 5.02 Å². The summed E-state index contributed by atoms with van der Waals surface area (Å²) in [6.45, 7) is 4.27. The predicted octanol–water partition coefficient (Wildman–Crippen LogP) is 4.23. The number of aromatic nitrogens is 1. The summed E-state index contributed by atoms with van der Waals surface area (Å²) >= 11 is 6.96. The molecule has 0 unspecified atom stereocenters. The van der Waals surface area contributed by atoms with E-state index >= 15 is 0 Å².